The molecule has 0 unspecified atom stereocenters. The van der Waals surface area contributed by atoms with Gasteiger partial charge in [-0.15, -0.1) is 11.3 Å². The molecule has 22 heavy (non-hydrogen) atoms. The van der Waals surface area contributed by atoms with E-state index >= 15 is 0 Å². The van der Waals surface area contributed by atoms with Crippen molar-refractivity contribution < 1.29 is 12.9 Å². The molecule has 120 valence electrons. The summed E-state index contributed by atoms with van der Waals surface area (Å²) in [5, 5.41) is 5.94. The van der Waals surface area contributed by atoms with Gasteiger partial charge in [-0.3, -0.25) is 4.90 Å². The molecule has 1 saturated heterocycles. The summed E-state index contributed by atoms with van der Waals surface area (Å²) in [5.74, 6) is 1.72. The number of sulfone groups is 1. The minimum absolute atomic E-state index is 0.0177. The summed E-state index contributed by atoms with van der Waals surface area (Å²) < 4.78 is 28.8. The van der Waals surface area contributed by atoms with Gasteiger partial charge in [-0.2, -0.15) is 4.98 Å². The Labute approximate surface area is 134 Å². The molecule has 0 aliphatic carbocycles. The average Bonchev–Trinajstić information content (AvgIpc) is 3.19. The van der Waals surface area contributed by atoms with Crippen LogP contribution < -0.4 is 0 Å². The van der Waals surface area contributed by atoms with Crippen LogP contribution >= 0.6 is 11.3 Å². The van der Waals surface area contributed by atoms with Crippen molar-refractivity contribution in [2.24, 2.45) is 0 Å². The van der Waals surface area contributed by atoms with Crippen molar-refractivity contribution in [1.29, 1.82) is 0 Å². The molecule has 8 heteroatoms. The fourth-order valence-corrected chi connectivity index (χ4v) is 5.14. The van der Waals surface area contributed by atoms with E-state index in [4.69, 9.17) is 4.52 Å². The van der Waals surface area contributed by atoms with Crippen molar-refractivity contribution in [3.8, 4) is 0 Å². The molecule has 1 aliphatic heterocycles. The molecule has 0 bridgehead atoms. The van der Waals surface area contributed by atoms with Crippen LogP contribution in [0.15, 0.2) is 22.0 Å². The minimum Gasteiger partial charge on any atom is -0.338 e. The third-order valence-electron chi connectivity index (χ3n) is 3.83. The molecule has 0 aromatic carbocycles. The van der Waals surface area contributed by atoms with Crippen LogP contribution in [0.4, 0.5) is 0 Å². The molecule has 0 amide bonds. The Bertz CT molecular complexity index is 710. The Morgan fingerprint density at radius 3 is 2.91 bits per heavy atom. The van der Waals surface area contributed by atoms with Crippen molar-refractivity contribution in [2.45, 2.75) is 38.9 Å². The third kappa shape index (κ3) is 3.74. The van der Waals surface area contributed by atoms with E-state index in [-0.39, 0.29) is 17.5 Å². The summed E-state index contributed by atoms with van der Waals surface area (Å²) in [7, 11) is -2.92. The van der Waals surface area contributed by atoms with E-state index in [2.05, 4.69) is 21.1 Å². The molecule has 1 atom stereocenters. The Kier molecular flexibility index (Phi) is 4.60. The Balaban J connectivity index is 1.76. The summed E-state index contributed by atoms with van der Waals surface area (Å²) in [6.45, 7) is 3.17. The highest BCUT2D eigenvalue weighted by Gasteiger charge is 2.33. The molecular formula is C14H19N3O3S2. The highest BCUT2D eigenvalue weighted by molar-refractivity contribution is 7.91. The molecule has 0 radical (unpaired) electrons. The van der Waals surface area contributed by atoms with Crippen LogP contribution in [-0.4, -0.2) is 41.0 Å². The van der Waals surface area contributed by atoms with Gasteiger partial charge in [-0.05, 0) is 17.9 Å². The molecule has 6 nitrogen and oxygen atoms in total. The van der Waals surface area contributed by atoms with E-state index in [9.17, 15) is 8.42 Å². The molecule has 1 aliphatic rings. The fourth-order valence-electron chi connectivity index (χ4n) is 2.65. The van der Waals surface area contributed by atoms with Gasteiger partial charge in [0, 0.05) is 23.9 Å². The first-order valence-electron chi connectivity index (χ1n) is 7.34. The van der Waals surface area contributed by atoms with Crippen molar-refractivity contribution in [3.63, 3.8) is 0 Å². The van der Waals surface area contributed by atoms with Crippen LogP contribution in [-0.2, 0) is 29.3 Å². The number of thiophene rings is 1. The van der Waals surface area contributed by atoms with Gasteiger partial charge in [0.1, 0.15) is 0 Å². The lowest BCUT2D eigenvalue weighted by Crippen LogP contribution is -2.35. The number of hydrogen-bond donors (Lipinski definition) is 0. The molecule has 0 saturated carbocycles. The first-order valence-corrected chi connectivity index (χ1v) is 10.0. The molecule has 1 fully saturated rings. The highest BCUT2D eigenvalue weighted by atomic mass is 32.2. The monoisotopic (exact) mass is 341 g/mol. The molecular weight excluding hydrogens is 322 g/mol. The Morgan fingerprint density at radius 1 is 1.45 bits per heavy atom. The van der Waals surface area contributed by atoms with E-state index in [0.29, 0.717) is 31.2 Å². The summed E-state index contributed by atoms with van der Waals surface area (Å²) in [6.07, 6.45) is 1.40. The van der Waals surface area contributed by atoms with E-state index in [1.165, 1.54) is 4.88 Å². The second-order valence-corrected chi connectivity index (χ2v) is 8.76. The van der Waals surface area contributed by atoms with Gasteiger partial charge in [0.25, 0.3) is 0 Å². The molecule has 0 spiro atoms. The van der Waals surface area contributed by atoms with Gasteiger partial charge in [-0.25, -0.2) is 8.42 Å². The third-order valence-corrected chi connectivity index (χ3v) is 6.44. The quantitative estimate of drug-likeness (QED) is 0.798. The lowest BCUT2D eigenvalue weighted by Gasteiger charge is -2.25. The smallest absolute Gasteiger partial charge is 0.240 e. The zero-order valence-corrected chi connectivity index (χ0v) is 14.1. The van der Waals surface area contributed by atoms with E-state index in [1.54, 1.807) is 11.3 Å². The Hall–Kier alpha value is -1.25. The van der Waals surface area contributed by atoms with Gasteiger partial charge < -0.3 is 4.52 Å². The summed E-state index contributed by atoms with van der Waals surface area (Å²) in [5.41, 5.74) is 0. The zero-order chi connectivity index (χ0) is 15.6. The molecule has 2 aromatic rings. The average molecular weight is 341 g/mol. The maximum absolute atomic E-state index is 11.8. The number of hydrogen-bond acceptors (Lipinski definition) is 7. The van der Waals surface area contributed by atoms with Gasteiger partial charge >= 0.3 is 0 Å². The predicted octanol–water partition coefficient (Wildman–Crippen LogP) is 1.88. The van der Waals surface area contributed by atoms with Crippen molar-refractivity contribution in [1.82, 2.24) is 15.0 Å². The van der Waals surface area contributed by atoms with Crippen molar-refractivity contribution >= 4 is 21.2 Å². The maximum Gasteiger partial charge on any atom is 0.240 e. The van der Waals surface area contributed by atoms with Gasteiger partial charge in [0.15, 0.2) is 15.7 Å². The molecule has 0 N–H and O–H groups in total. The van der Waals surface area contributed by atoms with E-state index < -0.39 is 9.84 Å². The maximum atomic E-state index is 11.8. The second kappa shape index (κ2) is 6.47. The van der Waals surface area contributed by atoms with Crippen molar-refractivity contribution in [2.75, 3.05) is 11.5 Å². The standard InChI is InChI=1S/C14H19N3O3S2/c1-2-13-15-14(20-16-13)9-17(8-12-4-3-6-21-12)11-5-7-22(18,19)10-11/h3-4,6,11H,2,5,7-10H2,1H3/t11-/m0/s1. The minimum atomic E-state index is -2.92. The van der Waals surface area contributed by atoms with Crippen molar-refractivity contribution in [3.05, 3.63) is 34.1 Å². The lowest BCUT2D eigenvalue weighted by molar-refractivity contribution is 0.170. The molecule has 3 heterocycles. The summed E-state index contributed by atoms with van der Waals surface area (Å²) in [4.78, 5) is 7.69. The van der Waals surface area contributed by atoms with E-state index in [0.717, 1.165) is 6.42 Å². The topological polar surface area (TPSA) is 76.3 Å². The summed E-state index contributed by atoms with van der Waals surface area (Å²) in [6, 6.07) is 4.08. The predicted molar refractivity (Wildman–Crippen MR) is 84.3 cm³/mol. The second-order valence-electron chi connectivity index (χ2n) is 5.50. The van der Waals surface area contributed by atoms with Crippen LogP contribution in [0.1, 0.15) is 29.9 Å². The number of rotatable bonds is 6. The van der Waals surface area contributed by atoms with Crippen LogP contribution in [0.25, 0.3) is 0 Å². The lowest BCUT2D eigenvalue weighted by atomic mass is 10.2. The van der Waals surface area contributed by atoms with Gasteiger partial charge in [-0.1, -0.05) is 18.1 Å². The largest absolute Gasteiger partial charge is 0.338 e. The van der Waals surface area contributed by atoms with Crippen LogP contribution in [0.3, 0.4) is 0 Å². The number of aromatic nitrogens is 2. The molecule has 3 rings (SSSR count). The zero-order valence-electron chi connectivity index (χ0n) is 12.4. The number of aryl methyl sites for hydroxylation is 1. The van der Waals surface area contributed by atoms with Crippen LogP contribution in [0.2, 0.25) is 0 Å². The van der Waals surface area contributed by atoms with Gasteiger partial charge in [0.2, 0.25) is 5.89 Å². The van der Waals surface area contributed by atoms with E-state index in [1.807, 2.05) is 18.4 Å². The number of nitrogens with zero attached hydrogens (tertiary/aromatic N) is 3. The molecule has 2 aromatic heterocycles. The SMILES string of the molecule is CCc1noc(CN(Cc2cccs2)[C@H]2CCS(=O)(=O)C2)n1. The van der Waals surface area contributed by atoms with Gasteiger partial charge in [0.05, 0.1) is 18.1 Å². The van der Waals surface area contributed by atoms with Crippen LogP contribution in [0, 0.1) is 0 Å². The first kappa shape index (κ1) is 15.6. The first-order chi connectivity index (χ1) is 10.6. The van der Waals surface area contributed by atoms with Crippen LogP contribution in [0.5, 0.6) is 0 Å². The summed E-state index contributed by atoms with van der Waals surface area (Å²) >= 11 is 1.67. The fraction of sp³-hybridized carbons (Fsp3) is 0.571. The highest BCUT2D eigenvalue weighted by Crippen LogP contribution is 2.23. The normalized spacial score (nSPS) is 20.7. The Morgan fingerprint density at radius 2 is 2.32 bits per heavy atom.